The Morgan fingerprint density at radius 1 is 1.36 bits per heavy atom. The van der Waals surface area contributed by atoms with Gasteiger partial charge in [-0.1, -0.05) is 13.8 Å². The first-order valence-electron chi connectivity index (χ1n) is 5.34. The van der Waals surface area contributed by atoms with E-state index in [0.717, 1.165) is 19.5 Å². The highest BCUT2D eigenvalue weighted by Gasteiger charge is 2.18. The Kier molecular flexibility index (Phi) is 6.54. The van der Waals surface area contributed by atoms with Gasteiger partial charge in [0.2, 0.25) is 0 Å². The Balaban J connectivity index is 4.08. The summed E-state index contributed by atoms with van der Waals surface area (Å²) in [5, 5.41) is 0. The van der Waals surface area contributed by atoms with Crippen LogP contribution >= 0.6 is 0 Å². The van der Waals surface area contributed by atoms with Crippen LogP contribution in [0.4, 0.5) is 0 Å². The van der Waals surface area contributed by atoms with Crippen molar-refractivity contribution in [2.75, 3.05) is 20.2 Å². The average molecular weight is 201 g/mol. The number of hydrogen-bond acceptors (Lipinski definition) is 3. The fraction of sp³-hybridized carbons (Fsp3) is 0.909. The molecule has 0 aromatic heterocycles. The topological polar surface area (TPSA) is 29.5 Å². The van der Waals surface area contributed by atoms with Gasteiger partial charge < -0.3 is 9.64 Å². The maximum Gasteiger partial charge on any atom is 0.309 e. The van der Waals surface area contributed by atoms with Gasteiger partial charge in [-0.3, -0.25) is 4.79 Å². The zero-order valence-corrected chi connectivity index (χ0v) is 10.0. The van der Waals surface area contributed by atoms with Gasteiger partial charge in [-0.05, 0) is 26.8 Å². The predicted molar refractivity (Wildman–Crippen MR) is 58.2 cm³/mol. The molecule has 0 saturated heterocycles. The second kappa shape index (κ2) is 6.82. The largest absolute Gasteiger partial charge is 0.469 e. The summed E-state index contributed by atoms with van der Waals surface area (Å²) in [6, 6.07) is 0.488. The van der Waals surface area contributed by atoms with Crippen molar-refractivity contribution in [3.8, 4) is 0 Å². The van der Waals surface area contributed by atoms with Crippen LogP contribution in [0.3, 0.4) is 0 Å². The van der Waals surface area contributed by atoms with Crippen LogP contribution in [-0.4, -0.2) is 37.1 Å². The molecule has 1 atom stereocenters. The molecule has 0 radical (unpaired) electrons. The Hall–Kier alpha value is -0.570. The molecule has 0 aromatic carbocycles. The maximum absolute atomic E-state index is 11.2. The predicted octanol–water partition coefficient (Wildman–Crippen LogP) is 1.92. The molecule has 0 rings (SSSR count). The highest BCUT2D eigenvalue weighted by molar-refractivity contribution is 5.72. The summed E-state index contributed by atoms with van der Waals surface area (Å²) in [4.78, 5) is 13.5. The molecular weight excluding hydrogens is 178 g/mol. The first kappa shape index (κ1) is 13.4. The second-order valence-corrected chi connectivity index (χ2v) is 4.01. The molecule has 0 fully saturated rings. The Morgan fingerprint density at radius 2 is 1.93 bits per heavy atom. The number of rotatable bonds is 6. The highest BCUT2D eigenvalue weighted by Crippen LogP contribution is 2.06. The van der Waals surface area contributed by atoms with Crippen molar-refractivity contribution in [2.45, 2.75) is 40.2 Å². The molecule has 0 N–H and O–H groups in total. The molecule has 84 valence electrons. The van der Waals surface area contributed by atoms with Gasteiger partial charge in [0, 0.05) is 12.6 Å². The molecule has 1 unspecified atom stereocenters. The van der Waals surface area contributed by atoms with E-state index in [-0.39, 0.29) is 11.9 Å². The van der Waals surface area contributed by atoms with E-state index in [2.05, 4.69) is 25.7 Å². The summed E-state index contributed by atoms with van der Waals surface area (Å²) >= 11 is 0. The van der Waals surface area contributed by atoms with Crippen molar-refractivity contribution in [1.29, 1.82) is 0 Å². The lowest BCUT2D eigenvalue weighted by molar-refractivity contribution is -0.145. The van der Waals surface area contributed by atoms with Crippen LogP contribution in [0.1, 0.15) is 34.1 Å². The van der Waals surface area contributed by atoms with E-state index >= 15 is 0 Å². The molecule has 0 heterocycles. The van der Waals surface area contributed by atoms with Crippen LogP contribution in [0, 0.1) is 5.92 Å². The van der Waals surface area contributed by atoms with Crippen LogP contribution in [0.25, 0.3) is 0 Å². The van der Waals surface area contributed by atoms with Crippen LogP contribution < -0.4 is 0 Å². The minimum Gasteiger partial charge on any atom is -0.469 e. The first-order valence-corrected chi connectivity index (χ1v) is 5.34. The Morgan fingerprint density at radius 3 is 2.29 bits per heavy atom. The maximum atomic E-state index is 11.2. The van der Waals surface area contributed by atoms with Gasteiger partial charge in [-0.15, -0.1) is 0 Å². The van der Waals surface area contributed by atoms with Crippen molar-refractivity contribution in [2.24, 2.45) is 5.92 Å². The minimum atomic E-state index is -0.119. The summed E-state index contributed by atoms with van der Waals surface area (Å²) in [7, 11) is 1.44. The standard InChI is InChI=1S/C11H23NO2/c1-6-7-12(9(2)3)8-10(4)11(13)14-5/h9-10H,6-8H2,1-5H3. The Bertz CT molecular complexity index is 169. The van der Waals surface area contributed by atoms with Gasteiger partial charge >= 0.3 is 5.97 Å². The molecule has 3 heteroatoms. The van der Waals surface area contributed by atoms with Crippen LogP contribution in [0.5, 0.6) is 0 Å². The van der Waals surface area contributed by atoms with E-state index in [9.17, 15) is 4.79 Å². The molecule has 0 aliphatic carbocycles. The van der Waals surface area contributed by atoms with Crippen molar-refractivity contribution in [1.82, 2.24) is 4.90 Å². The molecule has 0 bridgehead atoms. The fourth-order valence-corrected chi connectivity index (χ4v) is 1.48. The third kappa shape index (κ3) is 4.61. The molecule has 0 aromatic rings. The van der Waals surface area contributed by atoms with Crippen LogP contribution in [0.15, 0.2) is 0 Å². The average Bonchev–Trinajstić information content (AvgIpc) is 2.15. The molecule has 0 aliphatic rings. The molecule has 3 nitrogen and oxygen atoms in total. The zero-order chi connectivity index (χ0) is 11.1. The molecule has 0 saturated carbocycles. The minimum absolute atomic E-state index is 0.0334. The lowest BCUT2D eigenvalue weighted by Gasteiger charge is -2.27. The zero-order valence-electron chi connectivity index (χ0n) is 10.0. The van der Waals surface area contributed by atoms with Gasteiger partial charge in [0.1, 0.15) is 0 Å². The number of carbonyl (C=O) groups is 1. The smallest absolute Gasteiger partial charge is 0.309 e. The quantitative estimate of drug-likeness (QED) is 0.615. The number of nitrogens with zero attached hydrogens (tertiary/aromatic N) is 1. The highest BCUT2D eigenvalue weighted by atomic mass is 16.5. The van der Waals surface area contributed by atoms with Crippen molar-refractivity contribution < 1.29 is 9.53 Å². The second-order valence-electron chi connectivity index (χ2n) is 4.01. The third-order valence-corrected chi connectivity index (χ3v) is 2.35. The molecular formula is C11H23NO2. The number of ether oxygens (including phenoxy) is 1. The van der Waals surface area contributed by atoms with Crippen LogP contribution in [0.2, 0.25) is 0 Å². The molecule has 0 spiro atoms. The third-order valence-electron chi connectivity index (χ3n) is 2.35. The van der Waals surface area contributed by atoms with Crippen molar-refractivity contribution in [3.63, 3.8) is 0 Å². The number of methoxy groups -OCH3 is 1. The molecule has 14 heavy (non-hydrogen) atoms. The van der Waals surface area contributed by atoms with Gasteiger partial charge in [0.05, 0.1) is 13.0 Å². The first-order chi connectivity index (χ1) is 6.52. The summed E-state index contributed by atoms with van der Waals surface area (Å²) in [5.74, 6) is -0.152. The van der Waals surface area contributed by atoms with E-state index in [1.54, 1.807) is 0 Å². The summed E-state index contributed by atoms with van der Waals surface area (Å²) in [5.41, 5.74) is 0. The van der Waals surface area contributed by atoms with E-state index in [1.165, 1.54) is 7.11 Å². The molecule has 0 aliphatic heterocycles. The van der Waals surface area contributed by atoms with Gasteiger partial charge in [-0.2, -0.15) is 0 Å². The van der Waals surface area contributed by atoms with E-state index in [0.29, 0.717) is 6.04 Å². The van der Waals surface area contributed by atoms with Gasteiger partial charge in [0.15, 0.2) is 0 Å². The summed E-state index contributed by atoms with van der Waals surface area (Å²) < 4.78 is 4.71. The van der Waals surface area contributed by atoms with Gasteiger partial charge in [-0.25, -0.2) is 0 Å². The summed E-state index contributed by atoms with van der Waals surface area (Å²) in [6.45, 7) is 10.2. The van der Waals surface area contributed by atoms with E-state index in [4.69, 9.17) is 4.74 Å². The lowest BCUT2D eigenvalue weighted by atomic mass is 10.1. The number of hydrogen-bond donors (Lipinski definition) is 0. The normalized spacial score (nSPS) is 13.4. The van der Waals surface area contributed by atoms with Gasteiger partial charge in [0.25, 0.3) is 0 Å². The van der Waals surface area contributed by atoms with Crippen molar-refractivity contribution >= 4 is 5.97 Å². The lowest BCUT2D eigenvalue weighted by Crippen LogP contribution is -2.37. The number of carbonyl (C=O) groups excluding carboxylic acids is 1. The fourth-order valence-electron chi connectivity index (χ4n) is 1.48. The monoisotopic (exact) mass is 201 g/mol. The molecule has 0 amide bonds. The van der Waals surface area contributed by atoms with E-state index in [1.807, 2.05) is 6.92 Å². The van der Waals surface area contributed by atoms with Crippen molar-refractivity contribution in [3.05, 3.63) is 0 Å². The van der Waals surface area contributed by atoms with Crippen LogP contribution in [-0.2, 0) is 9.53 Å². The van der Waals surface area contributed by atoms with E-state index < -0.39 is 0 Å². The summed E-state index contributed by atoms with van der Waals surface area (Å²) in [6.07, 6.45) is 1.12. The SMILES string of the molecule is CCCN(CC(C)C(=O)OC)C(C)C. The number of esters is 1. The Labute approximate surface area is 87.4 Å².